The van der Waals surface area contributed by atoms with Crippen LogP contribution < -0.4 is 5.32 Å². The van der Waals surface area contributed by atoms with E-state index in [1.807, 2.05) is 12.1 Å². The molecule has 19 heavy (non-hydrogen) atoms. The molecule has 0 bridgehead atoms. The Labute approximate surface area is 132 Å². The monoisotopic (exact) mass is 357 g/mol. The third-order valence-electron chi connectivity index (χ3n) is 3.09. The number of aryl methyl sites for hydroxylation is 1. The molecule has 0 saturated heterocycles. The Balaban J connectivity index is 2.23. The quantitative estimate of drug-likeness (QED) is 0.758. The molecule has 1 nitrogen and oxygen atoms in total. The van der Waals surface area contributed by atoms with Gasteiger partial charge in [-0.25, -0.2) is 0 Å². The lowest BCUT2D eigenvalue weighted by molar-refractivity contribution is 0.551. The van der Waals surface area contributed by atoms with Gasteiger partial charge in [-0.2, -0.15) is 0 Å². The zero-order valence-electron chi connectivity index (χ0n) is 11.0. The van der Waals surface area contributed by atoms with Crippen molar-refractivity contribution in [2.45, 2.75) is 26.3 Å². The maximum atomic E-state index is 6.04. The van der Waals surface area contributed by atoms with E-state index in [1.54, 1.807) is 11.3 Å². The summed E-state index contributed by atoms with van der Waals surface area (Å²) < 4.78 is 1.19. The SMILES string of the molecule is CCNC(Cc1ccc(Br)s1)c1ccc(Cl)cc1C. The summed E-state index contributed by atoms with van der Waals surface area (Å²) in [6.45, 7) is 5.22. The van der Waals surface area contributed by atoms with Gasteiger partial charge in [-0.3, -0.25) is 0 Å². The summed E-state index contributed by atoms with van der Waals surface area (Å²) in [6.07, 6.45) is 1.01. The smallest absolute Gasteiger partial charge is 0.0701 e. The standard InChI is InChI=1S/C15H17BrClNS/c1-3-18-14(9-12-5-7-15(16)19-12)13-6-4-11(17)8-10(13)2/h4-8,14,18H,3,9H2,1-2H3. The second-order valence-electron chi connectivity index (χ2n) is 4.52. The third-order valence-corrected chi connectivity index (χ3v) is 4.97. The van der Waals surface area contributed by atoms with Gasteiger partial charge in [-0.05, 0) is 64.8 Å². The highest BCUT2D eigenvalue weighted by molar-refractivity contribution is 9.11. The highest BCUT2D eigenvalue weighted by Gasteiger charge is 2.14. The van der Waals surface area contributed by atoms with Crippen molar-refractivity contribution in [3.63, 3.8) is 0 Å². The van der Waals surface area contributed by atoms with Crippen molar-refractivity contribution in [1.29, 1.82) is 0 Å². The largest absolute Gasteiger partial charge is 0.310 e. The third kappa shape index (κ3) is 4.06. The van der Waals surface area contributed by atoms with Crippen LogP contribution in [0, 0.1) is 6.92 Å². The fourth-order valence-corrected chi connectivity index (χ4v) is 3.99. The van der Waals surface area contributed by atoms with Gasteiger partial charge in [-0.15, -0.1) is 11.3 Å². The number of hydrogen-bond acceptors (Lipinski definition) is 2. The van der Waals surface area contributed by atoms with Crippen molar-refractivity contribution in [3.05, 3.63) is 55.1 Å². The minimum Gasteiger partial charge on any atom is -0.310 e. The number of thiophene rings is 1. The molecule has 0 aliphatic rings. The second kappa shape index (κ2) is 6.89. The van der Waals surface area contributed by atoms with Crippen LogP contribution in [0.25, 0.3) is 0 Å². The van der Waals surface area contributed by atoms with Gasteiger partial charge in [-0.1, -0.05) is 24.6 Å². The molecule has 102 valence electrons. The molecule has 2 aromatic rings. The summed E-state index contributed by atoms with van der Waals surface area (Å²) in [6, 6.07) is 10.8. The highest BCUT2D eigenvalue weighted by atomic mass is 79.9. The predicted molar refractivity (Wildman–Crippen MR) is 88.3 cm³/mol. The first-order valence-electron chi connectivity index (χ1n) is 6.33. The van der Waals surface area contributed by atoms with Crippen molar-refractivity contribution in [2.24, 2.45) is 0 Å². The molecule has 0 radical (unpaired) electrons. The second-order valence-corrected chi connectivity index (χ2v) is 7.51. The maximum absolute atomic E-state index is 6.04. The lowest BCUT2D eigenvalue weighted by Gasteiger charge is -2.20. The van der Waals surface area contributed by atoms with E-state index < -0.39 is 0 Å². The van der Waals surface area contributed by atoms with Gasteiger partial charge in [0, 0.05) is 22.4 Å². The minimum atomic E-state index is 0.341. The van der Waals surface area contributed by atoms with Crippen LogP contribution in [0.15, 0.2) is 34.1 Å². The summed E-state index contributed by atoms with van der Waals surface area (Å²) in [5, 5.41) is 4.37. The Morgan fingerprint density at radius 3 is 2.68 bits per heavy atom. The normalized spacial score (nSPS) is 12.6. The number of halogens is 2. The average molecular weight is 359 g/mol. The Kier molecular flexibility index (Phi) is 5.46. The van der Waals surface area contributed by atoms with E-state index in [-0.39, 0.29) is 0 Å². The Hall–Kier alpha value is -0.350. The molecule has 0 amide bonds. The van der Waals surface area contributed by atoms with Gasteiger partial charge in [0.05, 0.1) is 3.79 Å². The van der Waals surface area contributed by atoms with Gasteiger partial charge in [0.2, 0.25) is 0 Å². The van der Waals surface area contributed by atoms with Crippen molar-refractivity contribution in [3.8, 4) is 0 Å². The molecular formula is C15H17BrClNS. The van der Waals surface area contributed by atoms with Crippen LogP contribution in [0.1, 0.15) is 29.0 Å². The maximum Gasteiger partial charge on any atom is 0.0701 e. The van der Waals surface area contributed by atoms with E-state index >= 15 is 0 Å². The summed E-state index contributed by atoms with van der Waals surface area (Å²) >= 11 is 11.4. The lowest BCUT2D eigenvalue weighted by Crippen LogP contribution is -2.23. The van der Waals surface area contributed by atoms with Crippen LogP contribution in [-0.4, -0.2) is 6.54 Å². The first-order chi connectivity index (χ1) is 9.10. The fraction of sp³-hybridized carbons (Fsp3) is 0.333. The number of rotatable bonds is 5. The van der Waals surface area contributed by atoms with E-state index in [9.17, 15) is 0 Å². The number of nitrogens with one attached hydrogen (secondary N) is 1. The van der Waals surface area contributed by atoms with Crippen LogP contribution in [0.5, 0.6) is 0 Å². The Morgan fingerprint density at radius 1 is 1.32 bits per heavy atom. The molecule has 1 aromatic heterocycles. The highest BCUT2D eigenvalue weighted by Crippen LogP contribution is 2.29. The Bertz CT molecular complexity index is 553. The van der Waals surface area contributed by atoms with E-state index in [0.717, 1.165) is 18.0 Å². The number of likely N-dealkylation sites (N-methyl/N-ethyl adjacent to an activating group) is 1. The molecule has 0 spiro atoms. The van der Waals surface area contributed by atoms with Gasteiger partial charge in [0.25, 0.3) is 0 Å². The van der Waals surface area contributed by atoms with Crippen LogP contribution in [-0.2, 0) is 6.42 Å². The summed E-state index contributed by atoms with van der Waals surface area (Å²) in [7, 11) is 0. The van der Waals surface area contributed by atoms with Crippen molar-refractivity contribution in [2.75, 3.05) is 6.54 Å². The summed E-state index contributed by atoms with van der Waals surface area (Å²) in [4.78, 5) is 1.38. The van der Waals surface area contributed by atoms with Crippen molar-refractivity contribution >= 4 is 38.9 Å². The predicted octanol–water partition coefficient (Wildman–Crippen LogP) is 5.37. The molecule has 4 heteroatoms. The molecule has 0 fully saturated rings. The van der Waals surface area contributed by atoms with E-state index in [0.29, 0.717) is 6.04 Å². The molecule has 1 unspecified atom stereocenters. The molecule has 2 rings (SSSR count). The number of hydrogen-bond donors (Lipinski definition) is 1. The summed E-state index contributed by atoms with van der Waals surface area (Å²) in [5.74, 6) is 0. The summed E-state index contributed by atoms with van der Waals surface area (Å²) in [5.41, 5.74) is 2.57. The lowest BCUT2D eigenvalue weighted by atomic mass is 9.98. The van der Waals surface area contributed by atoms with E-state index in [2.05, 4.69) is 53.3 Å². The average Bonchev–Trinajstić information content (AvgIpc) is 2.74. The van der Waals surface area contributed by atoms with Crippen molar-refractivity contribution in [1.82, 2.24) is 5.32 Å². The molecule has 1 N–H and O–H groups in total. The topological polar surface area (TPSA) is 12.0 Å². The van der Waals surface area contributed by atoms with Crippen molar-refractivity contribution < 1.29 is 0 Å². The molecule has 0 aliphatic carbocycles. The molecule has 1 heterocycles. The molecule has 1 aromatic carbocycles. The van der Waals surface area contributed by atoms with Gasteiger partial charge < -0.3 is 5.32 Å². The van der Waals surface area contributed by atoms with Crippen LogP contribution in [0.4, 0.5) is 0 Å². The zero-order chi connectivity index (χ0) is 13.8. The van der Waals surface area contributed by atoms with E-state index in [1.165, 1.54) is 19.8 Å². The first-order valence-corrected chi connectivity index (χ1v) is 8.32. The zero-order valence-corrected chi connectivity index (χ0v) is 14.2. The molecular weight excluding hydrogens is 342 g/mol. The molecule has 0 aliphatic heterocycles. The first kappa shape index (κ1) is 15.0. The van der Waals surface area contributed by atoms with Gasteiger partial charge in [0.15, 0.2) is 0 Å². The number of benzene rings is 1. The van der Waals surface area contributed by atoms with Crippen LogP contribution in [0.2, 0.25) is 5.02 Å². The molecule has 1 atom stereocenters. The van der Waals surface area contributed by atoms with Gasteiger partial charge in [0.1, 0.15) is 0 Å². The fourth-order valence-electron chi connectivity index (χ4n) is 2.23. The van der Waals surface area contributed by atoms with E-state index in [4.69, 9.17) is 11.6 Å². The molecule has 0 saturated carbocycles. The van der Waals surface area contributed by atoms with Crippen LogP contribution in [0.3, 0.4) is 0 Å². The Morgan fingerprint density at radius 2 is 2.11 bits per heavy atom. The van der Waals surface area contributed by atoms with Gasteiger partial charge >= 0.3 is 0 Å². The van der Waals surface area contributed by atoms with Crippen LogP contribution >= 0.6 is 38.9 Å². The minimum absolute atomic E-state index is 0.341.